The van der Waals surface area contributed by atoms with E-state index in [4.69, 9.17) is 0 Å². The molecule has 0 spiro atoms. The van der Waals surface area contributed by atoms with Crippen LogP contribution in [0.1, 0.15) is 19.4 Å². The fraction of sp³-hybridized carbons (Fsp3) is 0.471. The zero-order valence-electron chi connectivity index (χ0n) is 12.6. The van der Waals surface area contributed by atoms with Gasteiger partial charge in [0.25, 0.3) is 0 Å². The van der Waals surface area contributed by atoms with E-state index in [9.17, 15) is 0 Å². The predicted octanol–water partition coefficient (Wildman–Crippen LogP) is 3.56. The highest BCUT2D eigenvalue weighted by Crippen LogP contribution is 2.27. The summed E-state index contributed by atoms with van der Waals surface area (Å²) in [7, 11) is 0. The van der Waals surface area contributed by atoms with Crippen LogP contribution in [0, 0.1) is 5.92 Å². The SMILES string of the molecule is C[C@@H]1CCN(CCSc2ccccc2)C[C@@H]1n1ccnc1. The van der Waals surface area contributed by atoms with Crippen LogP contribution in [0.25, 0.3) is 0 Å². The molecule has 2 aromatic rings. The monoisotopic (exact) mass is 301 g/mol. The van der Waals surface area contributed by atoms with Gasteiger partial charge in [0.05, 0.1) is 6.33 Å². The Morgan fingerprint density at radius 3 is 2.90 bits per heavy atom. The van der Waals surface area contributed by atoms with Gasteiger partial charge in [-0.1, -0.05) is 25.1 Å². The molecule has 0 bridgehead atoms. The Morgan fingerprint density at radius 2 is 2.14 bits per heavy atom. The minimum absolute atomic E-state index is 0.572. The second-order valence-corrected chi connectivity index (χ2v) is 6.97. The molecule has 0 saturated carbocycles. The van der Waals surface area contributed by atoms with Gasteiger partial charge in [0.1, 0.15) is 0 Å². The van der Waals surface area contributed by atoms with E-state index in [0.717, 1.165) is 24.8 Å². The van der Waals surface area contributed by atoms with Crippen LogP contribution in [0.5, 0.6) is 0 Å². The highest BCUT2D eigenvalue weighted by atomic mass is 32.2. The van der Waals surface area contributed by atoms with E-state index in [2.05, 4.69) is 57.9 Å². The van der Waals surface area contributed by atoms with Gasteiger partial charge in [-0.3, -0.25) is 0 Å². The number of imidazole rings is 1. The van der Waals surface area contributed by atoms with Crippen LogP contribution in [0.4, 0.5) is 0 Å². The van der Waals surface area contributed by atoms with E-state index in [0.29, 0.717) is 6.04 Å². The topological polar surface area (TPSA) is 21.1 Å². The highest BCUT2D eigenvalue weighted by Gasteiger charge is 2.26. The fourth-order valence-electron chi connectivity index (χ4n) is 2.98. The minimum Gasteiger partial charge on any atom is -0.333 e. The van der Waals surface area contributed by atoms with Gasteiger partial charge in [0, 0.05) is 42.2 Å². The summed E-state index contributed by atoms with van der Waals surface area (Å²) < 4.78 is 2.28. The summed E-state index contributed by atoms with van der Waals surface area (Å²) in [5, 5.41) is 0. The molecule has 2 heterocycles. The van der Waals surface area contributed by atoms with E-state index in [1.54, 1.807) is 0 Å². The lowest BCUT2D eigenvalue weighted by Gasteiger charge is -2.37. The molecule has 1 fully saturated rings. The molecule has 2 atom stereocenters. The molecule has 1 aliphatic rings. The molecular weight excluding hydrogens is 278 g/mol. The Bertz CT molecular complexity index is 526. The van der Waals surface area contributed by atoms with Crippen molar-refractivity contribution >= 4 is 11.8 Å². The van der Waals surface area contributed by atoms with Crippen molar-refractivity contribution in [1.29, 1.82) is 0 Å². The molecule has 112 valence electrons. The third-order valence-corrected chi connectivity index (χ3v) is 5.32. The van der Waals surface area contributed by atoms with E-state index >= 15 is 0 Å². The first-order valence-corrected chi connectivity index (χ1v) is 8.69. The normalized spacial score (nSPS) is 23.3. The zero-order valence-corrected chi connectivity index (χ0v) is 13.4. The Balaban J connectivity index is 1.50. The van der Waals surface area contributed by atoms with Gasteiger partial charge < -0.3 is 9.47 Å². The third-order valence-electron chi connectivity index (χ3n) is 4.33. The molecule has 0 N–H and O–H groups in total. The molecule has 1 saturated heterocycles. The maximum absolute atomic E-state index is 4.20. The molecule has 0 amide bonds. The van der Waals surface area contributed by atoms with Crippen LogP contribution in [0.3, 0.4) is 0 Å². The second-order valence-electron chi connectivity index (χ2n) is 5.81. The summed E-state index contributed by atoms with van der Waals surface area (Å²) >= 11 is 1.95. The standard InChI is InChI=1S/C17H23N3S/c1-15-7-9-19(13-17(15)20-10-8-18-14-20)11-12-21-16-5-3-2-4-6-16/h2-6,8,10,14-15,17H,7,9,11-13H2,1H3/t15-,17+/m1/s1. The van der Waals surface area contributed by atoms with Crippen LogP contribution in [-0.2, 0) is 0 Å². The molecule has 3 nitrogen and oxygen atoms in total. The van der Waals surface area contributed by atoms with Crippen molar-refractivity contribution in [2.75, 3.05) is 25.4 Å². The predicted molar refractivity (Wildman–Crippen MR) is 88.7 cm³/mol. The number of thioether (sulfide) groups is 1. The molecule has 0 aliphatic carbocycles. The van der Waals surface area contributed by atoms with Gasteiger partial charge in [-0.05, 0) is 31.0 Å². The van der Waals surface area contributed by atoms with Crippen molar-refractivity contribution < 1.29 is 0 Å². The average Bonchev–Trinajstić information content (AvgIpc) is 3.04. The third kappa shape index (κ3) is 3.89. The molecule has 4 heteroatoms. The smallest absolute Gasteiger partial charge is 0.0949 e. The fourth-order valence-corrected chi connectivity index (χ4v) is 3.92. The quantitative estimate of drug-likeness (QED) is 0.788. The summed E-state index contributed by atoms with van der Waals surface area (Å²) in [4.78, 5) is 8.17. The molecule has 1 aromatic heterocycles. The summed E-state index contributed by atoms with van der Waals surface area (Å²) in [5.41, 5.74) is 0. The van der Waals surface area contributed by atoms with Crippen molar-refractivity contribution in [1.82, 2.24) is 14.5 Å². The van der Waals surface area contributed by atoms with Crippen molar-refractivity contribution in [3.63, 3.8) is 0 Å². The van der Waals surface area contributed by atoms with E-state index < -0.39 is 0 Å². The van der Waals surface area contributed by atoms with Gasteiger partial charge in [-0.25, -0.2) is 4.98 Å². The molecule has 1 aliphatic heterocycles. The Labute approximate surface area is 131 Å². The van der Waals surface area contributed by atoms with Gasteiger partial charge in [-0.2, -0.15) is 0 Å². The van der Waals surface area contributed by atoms with Crippen LogP contribution >= 0.6 is 11.8 Å². The number of nitrogens with zero attached hydrogens (tertiary/aromatic N) is 3. The summed E-state index contributed by atoms with van der Waals surface area (Å²) in [6.45, 7) is 5.90. The van der Waals surface area contributed by atoms with Gasteiger partial charge in [0.2, 0.25) is 0 Å². The average molecular weight is 301 g/mol. The minimum atomic E-state index is 0.572. The number of hydrogen-bond acceptors (Lipinski definition) is 3. The van der Waals surface area contributed by atoms with E-state index in [1.165, 1.54) is 17.9 Å². The lowest BCUT2D eigenvalue weighted by molar-refractivity contribution is 0.139. The zero-order chi connectivity index (χ0) is 14.5. The molecular formula is C17H23N3S. The van der Waals surface area contributed by atoms with Crippen LogP contribution in [0.2, 0.25) is 0 Å². The van der Waals surface area contributed by atoms with Crippen molar-refractivity contribution in [2.24, 2.45) is 5.92 Å². The van der Waals surface area contributed by atoms with Crippen LogP contribution < -0.4 is 0 Å². The van der Waals surface area contributed by atoms with Gasteiger partial charge in [-0.15, -0.1) is 11.8 Å². The van der Waals surface area contributed by atoms with Gasteiger partial charge >= 0.3 is 0 Å². The summed E-state index contributed by atoms with van der Waals surface area (Å²) in [6, 6.07) is 11.3. The number of likely N-dealkylation sites (tertiary alicyclic amines) is 1. The van der Waals surface area contributed by atoms with E-state index in [1.807, 2.05) is 24.3 Å². The molecule has 0 radical (unpaired) electrons. The number of rotatable bonds is 5. The molecule has 3 rings (SSSR count). The molecule has 1 aromatic carbocycles. The molecule has 21 heavy (non-hydrogen) atoms. The second kappa shape index (κ2) is 7.14. The van der Waals surface area contributed by atoms with Crippen LogP contribution in [-0.4, -0.2) is 39.8 Å². The van der Waals surface area contributed by atoms with Crippen LogP contribution in [0.15, 0.2) is 53.9 Å². The Kier molecular flexibility index (Phi) is 4.99. The number of piperidine rings is 1. The first-order valence-electron chi connectivity index (χ1n) is 7.70. The Morgan fingerprint density at radius 1 is 1.29 bits per heavy atom. The summed E-state index contributed by atoms with van der Waals surface area (Å²) in [6.07, 6.45) is 7.22. The largest absolute Gasteiger partial charge is 0.333 e. The van der Waals surface area contributed by atoms with Crippen molar-refractivity contribution in [2.45, 2.75) is 24.3 Å². The number of benzene rings is 1. The summed E-state index contributed by atoms with van der Waals surface area (Å²) in [5.74, 6) is 1.90. The number of hydrogen-bond donors (Lipinski definition) is 0. The first kappa shape index (κ1) is 14.7. The lowest BCUT2D eigenvalue weighted by Crippen LogP contribution is -2.41. The first-order chi connectivity index (χ1) is 10.3. The van der Waals surface area contributed by atoms with Crippen molar-refractivity contribution in [3.05, 3.63) is 49.1 Å². The maximum Gasteiger partial charge on any atom is 0.0949 e. The van der Waals surface area contributed by atoms with E-state index in [-0.39, 0.29) is 0 Å². The molecule has 0 unspecified atom stereocenters. The van der Waals surface area contributed by atoms with Crippen molar-refractivity contribution in [3.8, 4) is 0 Å². The number of aromatic nitrogens is 2. The Hall–Kier alpha value is -1.26. The van der Waals surface area contributed by atoms with Gasteiger partial charge in [0.15, 0.2) is 0 Å². The lowest BCUT2D eigenvalue weighted by atomic mass is 9.93. The maximum atomic E-state index is 4.20. The highest BCUT2D eigenvalue weighted by molar-refractivity contribution is 7.99.